The van der Waals surface area contributed by atoms with E-state index in [0.29, 0.717) is 12.8 Å². The van der Waals surface area contributed by atoms with Gasteiger partial charge in [0.25, 0.3) is 0 Å². The van der Waals surface area contributed by atoms with Crippen molar-refractivity contribution < 1.29 is 14.6 Å². The highest BCUT2D eigenvalue weighted by molar-refractivity contribution is 9.10. The monoisotopic (exact) mass is 404 g/mol. The third-order valence-electron chi connectivity index (χ3n) is 5.65. The van der Waals surface area contributed by atoms with Crippen molar-refractivity contribution in [2.24, 2.45) is 0 Å². The number of rotatable bonds is 3. The molecule has 1 aliphatic carbocycles. The highest BCUT2D eigenvalue weighted by Crippen LogP contribution is 2.57. The van der Waals surface area contributed by atoms with Gasteiger partial charge in [-0.2, -0.15) is 5.26 Å². The van der Waals surface area contributed by atoms with Crippen LogP contribution in [0.25, 0.3) is 0 Å². The Morgan fingerprint density at radius 2 is 2.40 bits per heavy atom. The lowest BCUT2D eigenvalue weighted by atomic mass is 9.69. The highest BCUT2D eigenvalue weighted by Gasteiger charge is 2.53. The summed E-state index contributed by atoms with van der Waals surface area (Å²) < 4.78 is 12.9. The van der Waals surface area contributed by atoms with Gasteiger partial charge in [0.05, 0.1) is 24.7 Å². The van der Waals surface area contributed by atoms with Gasteiger partial charge in [0, 0.05) is 36.0 Å². The first-order chi connectivity index (χ1) is 12.1. The highest BCUT2D eigenvalue weighted by atomic mass is 79.9. The SMILES string of the molecule is COc1cc(Br)c2c3c1O[C@@H]1C[C@H](O)C=CC31CCN(CCC#N)C2. The first kappa shape index (κ1) is 16.9. The number of hydrogen-bond donors (Lipinski definition) is 1. The quantitative estimate of drug-likeness (QED) is 0.784. The van der Waals surface area contributed by atoms with Crippen LogP contribution in [0.4, 0.5) is 0 Å². The molecule has 0 saturated heterocycles. The Morgan fingerprint density at radius 1 is 1.56 bits per heavy atom. The van der Waals surface area contributed by atoms with Gasteiger partial charge in [-0.05, 0) is 24.6 Å². The van der Waals surface area contributed by atoms with Crippen molar-refractivity contribution in [3.05, 3.63) is 33.8 Å². The van der Waals surface area contributed by atoms with Gasteiger partial charge in [0.1, 0.15) is 6.10 Å². The summed E-state index contributed by atoms with van der Waals surface area (Å²) in [7, 11) is 1.66. The maximum absolute atomic E-state index is 10.1. The first-order valence-electron chi connectivity index (χ1n) is 8.62. The van der Waals surface area contributed by atoms with E-state index in [1.165, 1.54) is 11.1 Å². The molecule has 0 radical (unpaired) electrons. The number of halogens is 1. The lowest BCUT2D eigenvalue weighted by Gasteiger charge is -2.35. The average Bonchev–Trinajstić information content (AvgIpc) is 2.83. The molecule has 5 nitrogen and oxygen atoms in total. The molecule has 2 aliphatic heterocycles. The van der Waals surface area contributed by atoms with Gasteiger partial charge >= 0.3 is 0 Å². The molecular weight excluding hydrogens is 384 g/mol. The summed E-state index contributed by atoms with van der Waals surface area (Å²) in [5, 5.41) is 19.0. The largest absolute Gasteiger partial charge is 0.493 e. The van der Waals surface area contributed by atoms with Crippen molar-refractivity contribution in [2.45, 2.75) is 43.4 Å². The van der Waals surface area contributed by atoms with Crippen LogP contribution < -0.4 is 9.47 Å². The lowest BCUT2D eigenvalue weighted by Crippen LogP contribution is -2.43. The van der Waals surface area contributed by atoms with Gasteiger partial charge in [0.2, 0.25) is 0 Å². The van der Waals surface area contributed by atoms with Gasteiger partial charge in [-0.15, -0.1) is 0 Å². The summed E-state index contributed by atoms with van der Waals surface area (Å²) in [4.78, 5) is 2.33. The van der Waals surface area contributed by atoms with E-state index in [1.54, 1.807) is 7.11 Å². The van der Waals surface area contributed by atoms with Crippen LogP contribution in [0.3, 0.4) is 0 Å². The number of nitriles is 1. The van der Waals surface area contributed by atoms with Crippen LogP contribution >= 0.6 is 15.9 Å². The first-order valence-corrected chi connectivity index (χ1v) is 9.41. The minimum absolute atomic E-state index is 0.0830. The van der Waals surface area contributed by atoms with Crippen molar-refractivity contribution in [3.8, 4) is 17.6 Å². The van der Waals surface area contributed by atoms with Gasteiger partial charge in [-0.25, -0.2) is 0 Å². The maximum Gasteiger partial charge on any atom is 0.166 e. The van der Waals surface area contributed by atoms with E-state index in [4.69, 9.17) is 14.7 Å². The van der Waals surface area contributed by atoms with E-state index >= 15 is 0 Å². The summed E-state index contributed by atoms with van der Waals surface area (Å²) in [6.45, 7) is 2.44. The minimum atomic E-state index is -0.472. The molecular formula is C19H21BrN2O3. The molecule has 1 spiro atoms. The molecule has 0 saturated carbocycles. The number of hydrogen-bond acceptors (Lipinski definition) is 5. The third-order valence-corrected chi connectivity index (χ3v) is 6.36. The molecule has 0 fully saturated rings. The Morgan fingerprint density at radius 3 is 3.16 bits per heavy atom. The molecule has 0 amide bonds. The molecule has 1 N–H and O–H groups in total. The molecule has 1 aromatic rings. The predicted molar refractivity (Wildman–Crippen MR) is 96.7 cm³/mol. The fourth-order valence-electron chi connectivity index (χ4n) is 4.42. The molecule has 2 heterocycles. The van der Waals surface area contributed by atoms with Gasteiger partial charge in [0.15, 0.2) is 11.5 Å². The summed E-state index contributed by atoms with van der Waals surface area (Å²) in [6.07, 6.45) is 5.51. The summed E-state index contributed by atoms with van der Waals surface area (Å²) in [5.41, 5.74) is 2.16. The summed E-state index contributed by atoms with van der Waals surface area (Å²) >= 11 is 3.72. The van der Waals surface area contributed by atoms with Crippen molar-refractivity contribution in [2.75, 3.05) is 20.2 Å². The van der Waals surface area contributed by atoms with Crippen LogP contribution in [0.2, 0.25) is 0 Å². The fourth-order valence-corrected chi connectivity index (χ4v) is 4.95. The Labute approximate surface area is 156 Å². The third kappa shape index (κ3) is 2.57. The van der Waals surface area contributed by atoms with Crippen LogP contribution in [0, 0.1) is 11.3 Å². The van der Waals surface area contributed by atoms with Gasteiger partial charge < -0.3 is 14.6 Å². The molecule has 25 heavy (non-hydrogen) atoms. The lowest BCUT2D eigenvalue weighted by molar-refractivity contribution is 0.0811. The number of methoxy groups -OCH3 is 1. The van der Waals surface area contributed by atoms with Crippen molar-refractivity contribution >= 4 is 15.9 Å². The van der Waals surface area contributed by atoms with Crippen molar-refractivity contribution in [1.82, 2.24) is 4.90 Å². The van der Waals surface area contributed by atoms with E-state index in [0.717, 1.165) is 42.0 Å². The topological polar surface area (TPSA) is 65.7 Å². The van der Waals surface area contributed by atoms with Crippen molar-refractivity contribution in [3.63, 3.8) is 0 Å². The molecule has 3 atom stereocenters. The average molecular weight is 405 g/mol. The Balaban J connectivity index is 1.87. The number of aliphatic hydroxyl groups is 1. The molecule has 1 unspecified atom stereocenters. The van der Waals surface area contributed by atoms with Gasteiger partial charge in [-0.3, -0.25) is 4.90 Å². The zero-order chi connectivity index (χ0) is 17.6. The Kier molecular flexibility index (Phi) is 4.27. The maximum atomic E-state index is 10.1. The molecule has 0 aromatic heterocycles. The molecule has 4 rings (SSSR count). The van der Waals surface area contributed by atoms with Crippen LogP contribution in [0.5, 0.6) is 11.5 Å². The van der Waals surface area contributed by atoms with Crippen LogP contribution in [-0.2, 0) is 12.0 Å². The van der Waals surface area contributed by atoms with Crippen molar-refractivity contribution in [1.29, 1.82) is 5.26 Å². The van der Waals surface area contributed by atoms with E-state index in [2.05, 4.69) is 33.0 Å². The van der Waals surface area contributed by atoms with Crippen LogP contribution in [-0.4, -0.2) is 42.4 Å². The zero-order valence-electron chi connectivity index (χ0n) is 14.2. The molecule has 0 bridgehead atoms. The Bertz CT molecular complexity index is 773. The molecule has 3 aliphatic rings. The summed E-state index contributed by atoms with van der Waals surface area (Å²) in [5.74, 6) is 1.54. The van der Waals surface area contributed by atoms with Crippen LogP contribution in [0.1, 0.15) is 30.4 Å². The van der Waals surface area contributed by atoms with E-state index in [1.807, 2.05) is 12.1 Å². The predicted octanol–water partition coefficient (Wildman–Crippen LogP) is 2.90. The van der Waals surface area contributed by atoms with E-state index in [9.17, 15) is 5.11 Å². The summed E-state index contributed by atoms with van der Waals surface area (Å²) in [6, 6.07) is 4.21. The number of ether oxygens (including phenoxy) is 2. The van der Waals surface area contributed by atoms with E-state index in [-0.39, 0.29) is 11.5 Å². The molecule has 6 heteroatoms. The van der Waals surface area contributed by atoms with E-state index < -0.39 is 6.10 Å². The van der Waals surface area contributed by atoms with Gasteiger partial charge in [-0.1, -0.05) is 28.1 Å². The second kappa shape index (κ2) is 6.31. The molecule has 1 aromatic carbocycles. The number of benzene rings is 1. The Hall–Kier alpha value is -1.55. The normalized spacial score (nSPS) is 30.0. The number of aliphatic hydroxyl groups excluding tert-OH is 1. The number of nitrogens with zero attached hydrogens (tertiary/aromatic N) is 2. The standard InChI is InChI=1S/C19H21BrN2O3/c1-24-15-10-14(20)13-11-22(7-2-6-21)8-5-19-4-3-12(23)9-16(19)25-18(15)17(13)19/h3-4,10,12,16,23H,2,5,7-9,11H2,1H3/t12-,16-,19?/m1/s1. The molecule has 132 valence electrons. The minimum Gasteiger partial charge on any atom is -0.493 e. The zero-order valence-corrected chi connectivity index (χ0v) is 15.8. The second-order valence-electron chi connectivity index (χ2n) is 6.99. The smallest absolute Gasteiger partial charge is 0.166 e. The fraction of sp³-hybridized carbons (Fsp3) is 0.526. The second-order valence-corrected chi connectivity index (χ2v) is 7.84. The van der Waals surface area contributed by atoms with Crippen LogP contribution in [0.15, 0.2) is 22.7 Å².